The molecule has 164 valence electrons. The smallest absolute Gasteiger partial charge is 0.435 e. The van der Waals surface area contributed by atoms with Gasteiger partial charge in [0.2, 0.25) is 0 Å². The Balaban J connectivity index is 1.72. The maximum Gasteiger partial charge on any atom is 0.435 e. The number of nitrogens with zero attached hydrogens (tertiary/aromatic N) is 6. The molecule has 0 bridgehead atoms. The minimum Gasteiger partial charge on any atom is -0.494 e. The number of aryl methyl sites for hydroxylation is 1. The zero-order chi connectivity index (χ0) is 22.9. The maximum absolute atomic E-state index is 12.8. The fourth-order valence-electron chi connectivity index (χ4n) is 3.08. The van der Waals surface area contributed by atoms with Gasteiger partial charge in [0.15, 0.2) is 11.5 Å². The largest absolute Gasteiger partial charge is 0.494 e. The van der Waals surface area contributed by atoms with E-state index in [1.54, 1.807) is 25.4 Å². The van der Waals surface area contributed by atoms with E-state index in [1.807, 2.05) is 13.0 Å². The number of nitrogens with one attached hydrogen (secondary N) is 1. The van der Waals surface area contributed by atoms with Crippen molar-refractivity contribution in [3.63, 3.8) is 0 Å². The van der Waals surface area contributed by atoms with Crippen LogP contribution in [0.25, 0.3) is 22.3 Å². The number of methoxy groups -OCH3 is 1. The molecule has 0 fully saturated rings. The number of hydrogen-bond donors (Lipinski definition) is 1. The number of halogens is 3. The Morgan fingerprint density at radius 1 is 1.00 bits per heavy atom. The number of benzene rings is 1. The van der Waals surface area contributed by atoms with Crippen molar-refractivity contribution in [2.45, 2.75) is 26.1 Å². The molecule has 3 heterocycles. The molecule has 3 aromatic heterocycles. The first kappa shape index (κ1) is 21.3. The van der Waals surface area contributed by atoms with Gasteiger partial charge in [0.25, 0.3) is 0 Å². The first-order valence-corrected chi connectivity index (χ1v) is 9.55. The van der Waals surface area contributed by atoms with Crippen LogP contribution in [0.4, 0.5) is 19.0 Å². The summed E-state index contributed by atoms with van der Waals surface area (Å²) in [7, 11) is 1.53. The van der Waals surface area contributed by atoms with Crippen LogP contribution in [0, 0.1) is 6.92 Å². The monoisotopic (exact) mass is 441 g/mol. The predicted octanol–water partition coefficient (Wildman–Crippen LogP) is 4.39. The van der Waals surface area contributed by atoms with Gasteiger partial charge in [-0.2, -0.15) is 18.3 Å². The van der Waals surface area contributed by atoms with Gasteiger partial charge in [0.05, 0.1) is 18.8 Å². The van der Waals surface area contributed by atoms with E-state index >= 15 is 0 Å². The molecule has 4 aromatic rings. The first-order chi connectivity index (χ1) is 15.3. The molecule has 0 saturated carbocycles. The van der Waals surface area contributed by atoms with Gasteiger partial charge >= 0.3 is 6.18 Å². The Bertz CT molecular complexity index is 1250. The number of fused-ring (bicyclic) bond motifs is 1. The van der Waals surface area contributed by atoms with Crippen LogP contribution < -0.4 is 10.1 Å². The molecule has 0 aliphatic carbocycles. The lowest BCUT2D eigenvalue weighted by Gasteiger charge is -2.16. The van der Waals surface area contributed by atoms with E-state index in [-0.39, 0.29) is 0 Å². The van der Waals surface area contributed by atoms with Crippen LogP contribution in [0.3, 0.4) is 0 Å². The summed E-state index contributed by atoms with van der Waals surface area (Å²) in [5.41, 5.74) is 1.47. The molecule has 32 heavy (non-hydrogen) atoms. The Kier molecular flexibility index (Phi) is 5.56. The average molecular weight is 441 g/mol. The Labute approximate surface area is 180 Å². The van der Waals surface area contributed by atoms with Crippen LogP contribution in [-0.2, 0) is 6.18 Å². The second-order valence-electron chi connectivity index (χ2n) is 7.09. The molecular formula is C21H18F3N7O. The highest BCUT2D eigenvalue weighted by atomic mass is 19.4. The van der Waals surface area contributed by atoms with Crippen LogP contribution in [0.5, 0.6) is 5.75 Å². The molecule has 0 aliphatic rings. The Morgan fingerprint density at radius 3 is 2.38 bits per heavy atom. The number of alkyl halides is 3. The van der Waals surface area contributed by atoms with Crippen LogP contribution in [0.15, 0.2) is 43.0 Å². The SMILES string of the molecule is COc1cc(-c2ncc(C)cn2)cc2c(NC(C)c3ccc(C(F)(F)F)nn3)ncnc12. The van der Waals surface area contributed by atoms with Crippen molar-refractivity contribution in [3.05, 3.63) is 59.9 Å². The van der Waals surface area contributed by atoms with Crippen molar-refractivity contribution in [1.29, 1.82) is 0 Å². The molecule has 1 atom stereocenters. The van der Waals surface area contributed by atoms with Crippen molar-refractivity contribution < 1.29 is 17.9 Å². The average Bonchev–Trinajstić information content (AvgIpc) is 2.78. The van der Waals surface area contributed by atoms with Gasteiger partial charge in [-0.05, 0) is 43.7 Å². The quantitative estimate of drug-likeness (QED) is 0.487. The van der Waals surface area contributed by atoms with E-state index in [0.717, 1.165) is 11.6 Å². The number of rotatable bonds is 5. The number of ether oxygens (including phenoxy) is 1. The van der Waals surface area contributed by atoms with Crippen molar-refractivity contribution in [3.8, 4) is 17.1 Å². The molecule has 1 unspecified atom stereocenters. The standard InChI is InChI=1S/C21H18F3N7O/c1-11-8-25-19(26-9-11)13-6-14-18(16(7-13)32-3)27-10-28-20(14)29-12(2)15-4-5-17(31-30-15)21(22,23)24/h4-10,12H,1-3H3,(H,27,28,29). The summed E-state index contributed by atoms with van der Waals surface area (Å²) in [6, 6.07) is 5.32. The van der Waals surface area contributed by atoms with Gasteiger partial charge in [-0.1, -0.05) is 0 Å². The van der Waals surface area contributed by atoms with Gasteiger partial charge in [0.1, 0.15) is 23.4 Å². The highest BCUT2D eigenvalue weighted by Crippen LogP contribution is 2.34. The first-order valence-electron chi connectivity index (χ1n) is 9.55. The van der Waals surface area contributed by atoms with Gasteiger partial charge in [0, 0.05) is 23.3 Å². The highest BCUT2D eigenvalue weighted by Gasteiger charge is 2.33. The van der Waals surface area contributed by atoms with Crippen LogP contribution in [0.1, 0.15) is 29.9 Å². The normalized spacial score (nSPS) is 12.6. The summed E-state index contributed by atoms with van der Waals surface area (Å²) in [6.07, 6.45) is 0.256. The van der Waals surface area contributed by atoms with E-state index in [1.165, 1.54) is 19.5 Å². The summed E-state index contributed by atoms with van der Waals surface area (Å²) in [6.45, 7) is 3.64. The Hall–Kier alpha value is -3.89. The van der Waals surface area contributed by atoms with Crippen LogP contribution >= 0.6 is 0 Å². The third kappa shape index (κ3) is 4.27. The minimum absolute atomic E-state index is 0.328. The van der Waals surface area contributed by atoms with E-state index in [4.69, 9.17) is 4.74 Å². The minimum atomic E-state index is -4.55. The van der Waals surface area contributed by atoms with Crippen molar-refractivity contribution >= 4 is 16.7 Å². The van der Waals surface area contributed by atoms with E-state index in [0.29, 0.717) is 39.6 Å². The second kappa shape index (κ2) is 8.33. The molecule has 0 saturated heterocycles. The van der Waals surface area contributed by atoms with E-state index < -0.39 is 17.9 Å². The number of hydrogen-bond acceptors (Lipinski definition) is 8. The summed E-state index contributed by atoms with van der Waals surface area (Å²) in [5.74, 6) is 1.47. The lowest BCUT2D eigenvalue weighted by atomic mass is 10.1. The Morgan fingerprint density at radius 2 is 1.75 bits per heavy atom. The third-order valence-corrected chi connectivity index (χ3v) is 4.74. The second-order valence-corrected chi connectivity index (χ2v) is 7.09. The third-order valence-electron chi connectivity index (χ3n) is 4.74. The van der Waals surface area contributed by atoms with E-state index in [9.17, 15) is 13.2 Å². The summed E-state index contributed by atoms with van der Waals surface area (Å²) in [4.78, 5) is 17.3. The molecule has 0 radical (unpaired) electrons. The summed E-state index contributed by atoms with van der Waals surface area (Å²) >= 11 is 0. The van der Waals surface area contributed by atoms with Crippen molar-refractivity contribution in [1.82, 2.24) is 30.1 Å². The number of anilines is 1. The zero-order valence-corrected chi connectivity index (χ0v) is 17.3. The topological polar surface area (TPSA) is 98.6 Å². The number of aromatic nitrogens is 6. The fraction of sp³-hybridized carbons (Fsp3) is 0.238. The zero-order valence-electron chi connectivity index (χ0n) is 17.3. The van der Waals surface area contributed by atoms with Crippen molar-refractivity contribution in [2.24, 2.45) is 0 Å². The summed E-state index contributed by atoms with van der Waals surface area (Å²) < 4.78 is 43.8. The molecule has 11 heteroatoms. The molecule has 8 nitrogen and oxygen atoms in total. The van der Waals surface area contributed by atoms with Gasteiger partial charge < -0.3 is 10.1 Å². The van der Waals surface area contributed by atoms with Gasteiger partial charge in [-0.3, -0.25) is 0 Å². The maximum atomic E-state index is 12.8. The molecule has 0 amide bonds. The molecule has 1 aromatic carbocycles. The molecule has 0 spiro atoms. The predicted molar refractivity (Wildman–Crippen MR) is 111 cm³/mol. The molecular weight excluding hydrogens is 423 g/mol. The van der Waals surface area contributed by atoms with Crippen molar-refractivity contribution in [2.75, 3.05) is 12.4 Å². The van der Waals surface area contributed by atoms with Crippen LogP contribution in [-0.4, -0.2) is 37.2 Å². The summed E-state index contributed by atoms with van der Waals surface area (Å²) in [5, 5.41) is 10.8. The lowest BCUT2D eigenvalue weighted by Crippen LogP contribution is -2.14. The fourth-order valence-corrected chi connectivity index (χ4v) is 3.08. The molecule has 0 aliphatic heterocycles. The lowest BCUT2D eigenvalue weighted by molar-refractivity contribution is -0.141. The molecule has 4 rings (SSSR count). The van der Waals surface area contributed by atoms with E-state index in [2.05, 4.69) is 35.5 Å². The van der Waals surface area contributed by atoms with Gasteiger partial charge in [-0.15, -0.1) is 5.10 Å². The molecule has 1 N–H and O–H groups in total. The highest BCUT2D eigenvalue weighted by molar-refractivity contribution is 5.96. The van der Waals surface area contributed by atoms with Gasteiger partial charge in [-0.25, -0.2) is 19.9 Å². The van der Waals surface area contributed by atoms with Crippen LogP contribution in [0.2, 0.25) is 0 Å².